The highest BCUT2D eigenvalue weighted by Gasteiger charge is 2.20. The van der Waals surface area contributed by atoms with Crippen molar-refractivity contribution in [2.45, 2.75) is 12.5 Å². The van der Waals surface area contributed by atoms with Gasteiger partial charge in [0.05, 0.1) is 5.52 Å². The number of nitrogens with zero attached hydrogens (tertiary/aromatic N) is 1. The zero-order chi connectivity index (χ0) is 9.38. The highest BCUT2D eigenvalue weighted by Crippen LogP contribution is 2.28. The number of benzene rings is 1. The van der Waals surface area contributed by atoms with Crippen LogP contribution in [0.5, 0.6) is 0 Å². The minimum absolute atomic E-state index is 0.522. The van der Waals surface area contributed by atoms with Gasteiger partial charge in [0.25, 0.3) is 0 Å². The summed E-state index contributed by atoms with van der Waals surface area (Å²) in [6, 6.07) is 11.0. The van der Waals surface area contributed by atoms with Crippen molar-refractivity contribution in [1.82, 2.24) is 10.3 Å². The number of fused-ring (bicyclic) bond motifs is 1. The molecule has 1 atom stereocenters. The summed E-state index contributed by atoms with van der Waals surface area (Å²) in [5.74, 6) is 0. The Morgan fingerprint density at radius 2 is 2.07 bits per heavy atom. The van der Waals surface area contributed by atoms with Crippen molar-refractivity contribution < 1.29 is 0 Å². The summed E-state index contributed by atoms with van der Waals surface area (Å²) >= 11 is 0. The Morgan fingerprint density at radius 3 is 2.86 bits per heavy atom. The van der Waals surface area contributed by atoms with Gasteiger partial charge in [-0.25, -0.2) is 0 Å². The Bertz CT molecular complexity index is 455. The van der Waals surface area contributed by atoms with Crippen molar-refractivity contribution in [3.8, 4) is 0 Å². The monoisotopic (exact) mass is 184 g/mol. The zero-order valence-corrected chi connectivity index (χ0v) is 7.90. The van der Waals surface area contributed by atoms with Crippen molar-refractivity contribution in [1.29, 1.82) is 0 Å². The summed E-state index contributed by atoms with van der Waals surface area (Å²) in [5, 5.41) is 4.65. The molecule has 0 amide bonds. The molecule has 2 aromatic rings. The number of rotatable bonds is 1. The van der Waals surface area contributed by atoms with Crippen LogP contribution in [0.3, 0.4) is 0 Å². The van der Waals surface area contributed by atoms with Crippen LogP contribution < -0.4 is 5.32 Å². The van der Waals surface area contributed by atoms with E-state index in [1.807, 2.05) is 12.3 Å². The molecule has 1 aromatic heterocycles. The highest BCUT2D eigenvalue weighted by atomic mass is 15.0. The van der Waals surface area contributed by atoms with E-state index in [0.29, 0.717) is 6.04 Å². The molecular formula is C12H12N2. The summed E-state index contributed by atoms with van der Waals surface area (Å²) in [4.78, 5) is 4.44. The lowest BCUT2D eigenvalue weighted by Crippen LogP contribution is -2.35. The molecule has 0 aliphatic carbocycles. The molecule has 0 spiro atoms. The van der Waals surface area contributed by atoms with Gasteiger partial charge in [-0.05, 0) is 24.6 Å². The molecule has 2 heteroatoms. The second-order valence-electron chi connectivity index (χ2n) is 3.72. The topological polar surface area (TPSA) is 24.9 Å². The molecule has 1 aliphatic rings. The van der Waals surface area contributed by atoms with E-state index in [2.05, 4.69) is 34.6 Å². The van der Waals surface area contributed by atoms with Gasteiger partial charge >= 0.3 is 0 Å². The van der Waals surface area contributed by atoms with Gasteiger partial charge in [-0.15, -0.1) is 0 Å². The maximum atomic E-state index is 4.44. The Balaban J connectivity index is 2.22. The van der Waals surface area contributed by atoms with Gasteiger partial charge in [-0.2, -0.15) is 0 Å². The number of hydrogen-bond acceptors (Lipinski definition) is 2. The average molecular weight is 184 g/mol. The van der Waals surface area contributed by atoms with Crippen molar-refractivity contribution in [3.05, 3.63) is 42.1 Å². The second kappa shape index (κ2) is 3.07. The van der Waals surface area contributed by atoms with Crippen molar-refractivity contribution in [2.75, 3.05) is 6.54 Å². The molecular weight excluding hydrogens is 172 g/mol. The van der Waals surface area contributed by atoms with E-state index in [0.717, 1.165) is 12.1 Å². The van der Waals surface area contributed by atoms with Gasteiger partial charge < -0.3 is 5.32 Å². The van der Waals surface area contributed by atoms with Gasteiger partial charge in [0.1, 0.15) is 0 Å². The molecule has 0 unspecified atom stereocenters. The summed E-state index contributed by atoms with van der Waals surface area (Å²) in [6.07, 6.45) is 3.10. The molecule has 0 bridgehead atoms. The SMILES string of the molecule is c1cnc2c([C@@H]3CCN3)cccc2c1. The molecule has 14 heavy (non-hydrogen) atoms. The molecule has 3 rings (SSSR count). The molecule has 0 radical (unpaired) electrons. The van der Waals surface area contributed by atoms with Gasteiger partial charge in [-0.3, -0.25) is 4.98 Å². The summed E-state index contributed by atoms with van der Waals surface area (Å²) in [7, 11) is 0. The molecule has 1 saturated heterocycles. The van der Waals surface area contributed by atoms with E-state index >= 15 is 0 Å². The van der Waals surface area contributed by atoms with Crippen LogP contribution >= 0.6 is 0 Å². The standard InChI is InChI=1S/C12H12N2/c1-3-9-4-2-7-14-12(9)10(5-1)11-6-8-13-11/h1-5,7,11,13H,6,8H2/t11-/m0/s1. The lowest BCUT2D eigenvalue weighted by Gasteiger charge is -2.28. The first kappa shape index (κ1) is 7.94. The highest BCUT2D eigenvalue weighted by molar-refractivity contribution is 5.82. The van der Waals surface area contributed by atoms with E-state index in [1.165, 1.54) is 17.4 Å². The normalized spacial score (nSPS) is 20.7. The predicted molar refractivity (Wildman–Crippen MR) is 57.1 cm³/mol. The number of pyridine rings is 1. The molecule has 1 fully saturated rings. The predicted octanol–water partition coefficient (Wildman–Crippen LogP) is 2.27. The molecule has 1 aliphatic heterocycles. The summed E-state index contributed by atoms with van der Waals surface area (Å²) < 4.78 is 0. The van der Waals surface area contributed by atoms with E-state index in [1.54, 1.807) is 0 Å². The fourth-order valence-corrected chi connectivity index (χ4v) is 1.96. The first-order valence-electron chi connectivity index (χ1n) is 5.02. The first-order valence-corrected chi connectivity index (χ1v) is 5.02. The van der Waals surface area contributed by atoms with Crippen LogP contribution in [0.15, 0.2) is 36.5 Å². The quantitative estimate of drug-likeness (QED) is 0.735. The minimum Gasteiger partial charge on any atom is -0.310 e. The van der Waals surface area contributed by atoms with Crippen LogP contribution in [0, 0.1) is 0 Å². The van der Waals surface area contributed by atoms with E-state index in [-0.39, 0.29) is 0 Å². The minimum atomic E-state index is 0.522. The van der Waals surface area contributed by atoms with Gasteiger partial charge in [-0.1, -0.05) is 24.3 Å². The Morgan fingerprint density at radius 1 is 1.21 bits per heavy atom. The number of nitrogens with one attached hydrogen (secondary N) is 1. The smallest absolute Gasteiger partial charge is 0.0749 e. The first-order chi connectivity index (χ1) is 6.95. The van der Waals surface area contributed by atoms with Crippen molar-refractivity contribution in [2.24, 2.45) is 0 Å². The summed E-state index contributed by atoms with van der Waals surface area (Å²) in [6.45, 7) is 1.13. The lowest BCUT2D eigenvalue weighted by atomic mass is 9.95. The number of para-hydroxylation sites is 1. The maximum absolute atomic E-state index is 4.44. The van der Waals surface area contributed by atoms with Gasteiger partial charge in [0.15, 0.2) is 0 Å². The van der Waals surface area contributed by atoms with Crippen LogP contribution in [0.1, 0.15) is 18.0 Å². The van der Waals surface area contributed by atoms with Crippen LogP contribution in [0.4, 0.5) is 0 Å². The third kappa shape index (κ3) is 1.11. The van der Waals surface area contributed by atoms with E-state index < -0.39 is 0 Å². The van der Waals surface area contributed by atoms with Crippen LogP contribution in [0.2, 0.25) is 0 Å². The van der Waals surface area contributed by atoms with Crippen LogP contribution in [-0.4, -0.2) is 11.5 Å². The molecule has 1 aromatic carbocycles. The van der Waals surface area contributed by atoms with Gasteiger partial charge in [0.2, 0.25) is 0 Å². The fourth-order valence-electron chi connectivity index (χ4n) is 1.96. The zero-order valence-electron chi connectivity index (χ0n) is 7.90. The van der Waals surface area contributed by atoms with E-state index in [9.17, 15) is 0 Å². The van der Waals surface area contributed by atoms with E-state index in [4.69, 9.17) is 0 Å². The largest absolute Gasteiger partial charge is 0.310 e. The number of hydrogen-bond donors (Lipinski definition) is 1. The lowest BCUT2D eigenvalue weighted by molar-refractivity contribution is 0.385. The Labute approximate surface area is 83.0 Å². The third-order valence-electron chi connectivity index (χ3n) is 2.86. The fraction of sp³-hybridized carbons (Fsp3) is 0.250. The maximum Gasteiger partial charge on any atom is 0.0749 e. The molecule has 2 nitrogen and oxygen atoms in total. The molecule has 0 saturated carbocycles. The van der Waals surface area contributed by atoms with Crippen molar-refractivity contribution in [3.63, 3.8) is 0 Å². The molecule has 2 heterocycles. The Kier molecular flexibility index (Phi) is 1.74. The average Bonchev–Trinajstić information content (AvgIpc) is 2.16. The van der Waals surface area contributed by atoms with Crippen molar-refractivity contribution >= 4 is 10.9 Å². The molecule has 70 valence electrons. The summed E-state index contributed by atoms with van der Waals surface area (Å²) in [5.41, 5.74) is 2.49. The van der Waals surface area contributed by atoms with Gasteiger partial charge in [0, 0.05) is 17.6 Å². The third-order valence-corrected chi connectivity index (χ3v) is 2.86. The van der Waals surface area contributed by atoms with Crippen LogP contribution in [0.25, 0.3) is 10.9 Å². The number of aromatic nitrogens is 1. The molecule has 1 N–H and O–H groups in total. The Hall–Kier alpha value is -1.41. The second-order valence-corrected chi connectivity index (χ2v) is 3.72. The van der Waals surface area contributed by atoms with Crippen LogP contribution in [-0.2, 0) is 0 Å².